The topological polar surface area (TPSA) is 33.1 Å². The van der Waals surface area contributed by atoms with Gasteiger partial charge in [0.15, 0.2) is 0 Å². The first-order valence-corrected chi connectivity index (χ1v) is 8.45. The van der Waals surface area contributed by atoms with Gasteiger partial charge in [-0.15, -0.1) is 0 Å². The lowest BCUT2D eigenvalue weighted by Crippen LogP contribution is -2.29. The monoisotopic (exact) mass is 344 g/mol. The van der Waals surface area contributed by atoms with Gasteiger partial charge in [-0.25, -0.2) is 0 Å². The Morgan fingerprint density at radius 3 is 2.60 bits per heavy atom. The summed E-state index contributed by atoms with van der Waals surface area (Å²) in [6.07, 6.45) is 2.15. The van der Waals surface area contributed by atoms with Gasteiger partial charge in [-0.1, -0.05) is 6.92 Å². The van der Waals surface area contributed by atoms with Crippen LogP contribution < -0.4 is 5.32 Å². The van der Waals surface area contributed by atoms with E-state index in [0.717, 1.165) is 38.3 Å². The van der Waals surface area contributed by atoms with Crippen molar-refractivity contribution in [2.75, 3.05) is 20.1 Å². The smallest absolute Gasteiger partial charge is 0.0767 e. The van der Waals surface area contributed by atoms with Crippen molar-refractivity contribution in [1.82, 2.24) is 20.0 Å². The third-order valence-corrected chi connectivity index (χ3v) is 4.65. The Hall–Kier alpha value is -0.390. The quantitative estimate of drug-likeness (QED) is 0.699. The fourth-order valence-electron chi connectivity index (χ4n) is 2.10. The molecule has 5 heteroatoms. The van der Waals surface area contributed by atoms with Crippen LogP contribution >= 0.6 is 15.9 Å². The second-order valence-corrected chi connectivity index (χ2v) is 6.27. The molecule has 116 valence electrons. The molecule has 1 rings (SSSR count). The van der Waals surface area contributed by atoms with Crippen LogP contribution in [0.1, 0.15) is 45.5 Å². The number of nitrogens with one attached hydrogen (secondary N) is 1. The van der Waals surface area contributed by atoms with Gasteiger partial charge in [-0.2, -0.15) is 5.10 Å². The third kappa shape index (κ3) is 4.86. The third-order valence-electron chi connectivity index (χ3n) is 3.73. The van der Waals surface area contributed by atoms with Crippen molar-refractivity contribution in [2.24, 2.45) is 0 Å². The Bertz CT molecular complexity index is 401. The summed E-state index contributed by atoms with van der Waals surface area (Å²) < 4.78 is 3.27. The van der Waals surface area contributed by atoms with E-state index in [-0.39, 0.29) is 0 Å². The number of halogens is 1. The molecule has 0 atom stereocenters. The molecule has 0 aliphatic heterocycles. The van der Waals surface area contributed by atoms with Gasteiger partial charge in [0.25, 0.3) is 0 Å². The fourth-order valence-corrected chi connectivity index (χ4v) is 2.81. The number of aromatic nitrogens is 2. The minimum Gasteiger partial charge on any atom is -0.311 e. The average molecular weight is 345 g/mol. The van der Waals surface area contributed by atoms with Crippen LogP contribution in [0.25, 0.3) is 0 Å². The first-order valence-electron chi connectivity index (χ1n) is 7.66. The molecule has 20 heavy (non-hydrogen) atoms. The van der Waals surface area contributed by atoms with Crippen LogP contribution in [0, 0.1) is 0 Å². The largest absolute Gasteiger partial charge is 0.311 e. The highest BCUT2D eigenvalue weighted by atomic mass is 79.9. The Labute approximate surface area is 132 Å². The zero-order valence-electron chi connectivity index (χ0n) is 13.5. The van der Waals surface area contributed by atoms with Gasteiger partial charge < -0.3 is 10.2 Å². The molecule has 0 aromatic carbocycles. The van der Waals surface area contributed by atoms with Crippen molar-refractivity contribution < 1.29 is 0 Å². The normalized spacial score (nSPS) is 11.8. The van der Waals surface area contributed by atoms with Crippen LogP contribution in [0.5, 0.6) is 0 Å². The first kappa shape index (κ1) is 17.7. The molecule has 4 nitrogen and oxygen atoms in total. The maximum Gasteiger partial charge on any atom is 0.0767 e. The number of hydrogen-bond donors (Lipinski definition) is 1. The van der Waals surface area contributed by atoms with Gasteiger partial charge in [0.2, 0.25) is 0 Å². The summed E-state index contributed by atoms with van der Waals surface area (Å²) in [6, 6.07) is 0.623. The molecular formula is C15H29BrN4. The summed E-state index contributed by atoms with van der Waals surface area (Å²) in [5, 5.41) is 8.15. The predicted octanol–water partition coefficient (Wildman–Crippen LogP) is 3.05. The van der Waals surface area contributed by atoms with E-state index >= 15 is 0 Å². The molecule has 1 aromatic rings. The maximum absolute atomic E-state index is 4.62. The lowest BCUT2D eigenvalue weighted by molar-refractivity contribution is 0.269. The summed E-state index contributed by atoms with van der Waals surface area (Å²) in [6.45, 7) is 12.7. The summed E-state index contributed by atoms with van der Waals surface area (Å²) in [4.78, 5) is 2.38. The van der Waals surface area contributed by atoms with Crippen LogP contribution in [-0.2, 0) is 19.5 Å². The number of hydrogen-bond acceptors (Lipinski definition) is 3. The molecular weight excluding hydrogens is 316 g/mol. The zero-order chi connectivity index (χ0) is 15.1. The first-order chi connectivity index (χ1) is 9.51. The van der Waals surface area contributed by atoms with Crippen molar-refractivity contribution in [3.8, 4) is 0 Å². The van der Waals surface area contributed by atoms with E-state index in [4.69, 9.17) is 0 Å². The van der Waals surface area contributed by atoms with Crippen LogP contribution in [0.3, 0.4) is 0 Å². The van der Waals surface area contributed by atoms with E-state index in [2.05, 4.69) is 70.7 Å². The Balaban J connectivity index is 2.40. The van der Waals surface area contributed by atoms with Crippen molar-refractivity contribution in [2.45, 2.75) is 59.7 Å². The summed E-state index contributed by atoms with van der Waals surface area (Å²) in [7, 11) is 2.18. The van der Waals surface area contributed by atoms with E-state index in [0.29, 0.717) is 6.04 Å². The minimum atomic E-state index is 0.623. The number of rotatable bonds is 9. The number of aryl methyl sites for hydroxylation is 2. The maximum atomic E-state index is 4.62. The average Bonchev–Trinajstić information content (AvgIpc) is 2.74. The van der Waals surface area contributed by atoms with E-state index in [1.807, 2.05) is 0 Å². The molecule has 0 bridgehead atoms. The molecule has 1 N–H and O–H groups in total. The van der Waals surface area contributed by atoms with Crippen LogP contribution in [-0.4, -0.2) is 40.9 Å². The molecule has 0 fully saturated rings. The molecule has 0 unspecified atom stereocenters. The molecule has 1 heterocycles. The second kappa shape index (κ2) is 8.80. The van der Waals surface area contributed by atoms with Crippen LogP contribution in [0.15, 0.2) is 4.47 Å². The molecule has 0 spiro atoms. The van der Waals surface area contributed by atoms with Crippen molar-refractivity contribution in [3.05, 3.63) is 15.9 Å². The predicted molar refractivity (Wildman–Crippen MR) is 89.1 cm³/mol. The molecule has 1 aromatic heterocycles. The summed E-state index contributed by atoms with van der Waals surface area (Å²) in [5.41, 5.74) is 2.42. The second-order valence-electron chi connectivity index (χ2n) is 5.48. The molecule has 0 saturated heterocycles. The highest BCUT2D eigenvalue weighted by Gasteiger charge is 2.13. The lowest BCUT2D eigenvalue weighted by Gasteiger charge is -2.20. The van der Waals surface area contributed by atoms with Gasteiger partial charge >= 0.3 is 0 Å². The van der Waals surface area contributed by atoms with E-state index < -0.39 is 0 Å². The molecule has 0 aliphatic carbocycles. The molecule has 0 amide bonds. The SMILES string of the molecule is CCc1nn(CC)c(CNCCCN(C)C(C)C)c1Br. The van der Waals surface area contributed by atoms with E-state index in [9.17, 15) is 0 Å². The van der Waals surface area contributed by atoms with Crippen molar-refractivity contribution >= 4 is 15.9 Å². The molecule has 0 saturated carbocycles. The van der Waals surface area contributed by atoms with Gasteiger partial charge in [0, 0.05) is 19.1 Å². The Morgan fingerprint density at radius 2 is 2.05 bits per heavy atom. The van der Waals surface area contributed by atoms with Gasteiger partial charge in [-0.3, -0.25) is 4.68 Å². The van der Waals surface area contributed by atoms with Gasteiger partial charge in [-0.05, 0) is 69.7 Å². The summed E-state index contributed by atoms with van der Waals surface area (Å²) >= 11 is 3.68. The van der Waals surface area contributed by atoms with E-state index in [1.54, 1.807) is 0 Å². The highest BCUT2D eigenvalue weighted by Crippen LogP contribution is 2.22. The van der Waals surface area contributed by atoms with Crippen LogP contribution in [0.4, 0.5) is 0 Å². The zero-order valence-corrected chi connectivity index (χ0v) is 15.1. The standard InChI is InChI=1S/C15H29BrN4/c1-6-13-15(16)14(20(7-2)18-13)11-17-9-8-10-19(5)12(3)4/h12,17H,6-11H2,1-5H3. The Kier molecular flexibility index (Phi) is 7.77. The van der Waals surface area contributed by atoms with E-state index in [1.165, 1.54) is 16.6 Å². The van der Waals surface area contributed by atoms with Gasteiger partial charge in [0.1, 0.15) is 0 Å². The van der Waals surface area contributed by atoms with Crippen molar-refractivity contribution in [3.63, 3.8) is 0 Å². The van der Waals surface area contributed by atoms with Crippen LogP contribution in [0.2, 0.25) is 0 Å². The van der Waals surface area contributed by atoms with Gasteiger partial charge in [0.05, 0.1) is 15.9 Å². The summed E-state index contributed by atoms with van der Waals surface area (Å²) in [5.74, 6) is 0. The molecule has 0 radical (unpaired) electrons. The number of nitrogens with zero attached hydrogens (tertiary/aromatic N) is 3. The van der Waals surface area contributed by atoms with Crippen molar-refractivity contribution in [1.29, 1.82) is 0 Å². The highest BCUT2D eigenvalue weighted by molar-refractivity contribution is 9.10. The lowest BCUT2D eigenvalue weighted by atomic mass is 10.3. The Morgan fingerprint density at radius 1 is 1.35 bits per heavy atom. The minimum absolute atomic E-state index is 0.623. The fraction of sp³-hybridized carbons (Fsp3) is 0.800. The molecule has 0 aliphatic rings.